The van der Waals surface area contributed by atoms with Crippen molar-refractivity contribution in [3.05, 3.63) is 40.1 Å². The van der Waals surface area contributed by atoms with Gasteiger partial charge in [-0.2, -0.15) is 0 Å². The number of aliphatic hydroxyl groups excluding tert-OH is 1. The predicted molar refractivity (Wildman–Crippen MR) is 62.3 cm³/mol. The van der Waals surface area contributed by atoms with Gasteiger partial charge in [0.25, 0.3) is 5.95 Å². The Morgan fingerprint density at radius 3 is 2.94 bits per heavy atom. The van der Waals surface area contributed by atoms with E-state index in [1.807, 2.05) is 0 Å². The van der Waals surface area contributed by atoms with Crippen molar-refractivity contribution in [3.8, 4) is 5.95 Å². The van der Waals surface area contributed by atoms with E-state index < -0.39 is 5.60 Å². The number of hydrogen-bond acceptors (Lipinski definition) is 4. The van der Waals surface area contributed by atoms with E-state index in [-0.39, 0.29) is 18.0 Å². The number of para-hydroxylation sites is 1. The predicted octanol–water partition coefficient (Wildman–Crippen LogP) is 1.48. The molecule has 17 heavy (non-hydrogen) atoms. The van der Waals surface area contributed by atoms with E-state index in [2.05, 4.69) is 0 Å². The molecule has 0 aliphatic carbocycles. The first-order valence-corrected chi connectivity index (χ1v) is 5.47. The van der Waals surface area contributed by atoms with Gasteiger partial charge in [-0.3, -0.25) is 4.79 Å². The van der Waals surface area contributed by atoms with Crippen LogP contribution in [0, 0.1) is 0 Å². The van der Waals surface area contributed by atoms with Crippen LogP contribution in [-0.2, 0) is 6.42 Å². The van der Waals surface area contributed by atoms with Gasteiger partial charge in [0.2, 0.25) is 0 Å². The smallest absolute Gasteiger partial charge is 0.292 e. The molecule has 0 spiro atoms. The molecule has 2 aromatic rings. The van der Waals surface area contributed by atoms with E-state index in [4.69, 9.17) is 9.15 Å². The Bertz CT molecular complexity index is 643. The van der Waals surface area contributed by atoms with Gasteiger partial charge in [-0.1, -0.05) is 12.1 Å². The minimum Gasteiger partial charge on any atom is -0.456 e. The van der Waals surface area contributed by atoms with Crippen molar-refractivity contribution in [2.45, 2.75) is 18.9 Å². The highest BCUT2D eigenvalue weighted by molar-refractivity contribution is 5.77. The normalized spacial score (nSPS) is 22.5. The van der Waals surface area contributed by atoms with Gasteiger partial charge in [-0.15, -0.1) is 0 Å². The van der Waals surface area contributed by atoms with Crippen LogP contribution in [0.15, 0.2) is 33.5 Å². The molecule has 0 fully saturated rings. The van der Waals surface area contributed by atoms with Gasteiger partial charge in [-0.05, 0) is 19.1 Å². The van der Waals surface area contributed by atoms with E-state index in [1.54, 1.807) is 31.2 Å². The van der Waals surface area contributed by atoms with Crippen LogP contribution in [0.1, 0.15) is 12.5 Å². The SMILES string of the molecule is CC1(CO)Cc2c(oc3ccccc3c2=O)O1. The van der Waals surface area contributed by atoms with Crippen LogP contribution in [0.5, 0.6) is 5.95 Å². The molecule has 1 aromatic carbocycles. The Morgan fingerprint density at radius 2 is 2.18 bits per heavy atom. The molecule has 1 unspecified atom stereocenters. The number of benzene rings is 1. The number of fused-ring (bicyclic) bond motifs is 2. The maximum Gasteiger partial charge on any atom is 0.292 e. The van der Waals surface area contributed by atoms with Crippen molar-refractivity contribution in [2.24, 2.45) is 0 Å². The number of aliphatic hydroxyl groups is 1. The van der Waals surface area contributed by atoms with E-state index in [0.29, 0.717) is 23.0 Å². The van der Waals surface area contributed by atoms with Crippen LogP contribution in [0.25, 0.3) is 11.0 Å². The van der Waals surface area contributed by atoms with Crippen molar-refractivity contribution >= 4 is 11.0 Å². The van der Waals surface area contributed by atoms with Gasteiger partial charge in [0, 0.05) is 6.42 Å². The third-order valence-corrected chi connectivity index (χ3v) is 3.08. The molecule has 0 saturated heterocycles. The summed E-state index contributed by atoms with van der Waals surface area (Å²) in [7, 11) is 0. The minimum absolute atomic E-state index is 0.0703. The molecule has 0 saturated carbocycles. The van der Waals surface area contributed by atoms with Crippen LogP contribution in [0.3, 0.4) is 0 Å². The van der Waals surface area contributed by atoms with Crippen LogP contribution in [0.4, 0.5) is 0 Å². The van der Waals surface area contributed by atoms with E-state index in [9.17, 15) is 9.90 Å². The molecule has 88 valence electrons. The summed E-state index contributed by atoms with van der Waals surface area (Å²) in [6.45, 7) is 1.61. The standard InChI is InChI=1S/C13H12O4/c1-13(7-14)6-9-11(15)8-4-2-3-5-10(8)16-12(9)17-13/h2-5,14H,6-7H2,1H3. The fraction of sp³-hybridized carbons (Fsp3) is 0.308. The Labute approximate surface area is 97.4 Å². The summed E-state index contributed by atoms with van der Waals surface area (Å²) >= 11 is 0. The Kier molecular flexibility index (Phi) is 2.03. The summed E-state index contributed by atoms with van der Waals surface area (Å²) in [5, 5.41) is 9.81. The molecule has 0 radical (unpaired) electrons. The molecule has 4 nitrogen and oxygen atoms in total. The van der Waals surface area contributed by atoms with E-state index in [1.165, 1.54) is 0 Å². The van der Waals surface area contributed by atoms with Crippen molar-refractivity contribution in [1.29, 1.82) is 0 Å². The van der Waals surface area contributed by atoms with Gasteiger partial charge in [0.1, 0.15) is 11.2 Å². The van der Waals surface area contributed by atoms with Crippen molar-refractivity contribution < 1.29 is 14.3 Å². The molecule has 3 rings (SSSR count). The quantitative estimate of drug-likeness (QED) is 0.809. The molecule has 0 bridgehead atoms. The number of ether oxygens (including phenoxy) is 1. The lowest BCUT2D eigenvalue weighted by Crippen LogP contribution is -2.34. The molecule has 0 amide bonds. The van der Waals surface area contributed by atoms with Crippen molar-refractivity contribution in [2.75, 3.05) is 6.61 Å². The van der Waals surface area contributed by atoms with Crippen LogP contribution in [-0.4, -0.2) is 17.3 Å². The van der Waals surface area contributed by atoms with Crippen molar-refractivity contribution in [3.63, 3.8) is 0 Å². The maximum absolute atomic E-state index is 12.2. The molecule has 1 aromatic heterocycles. The van der Waals surface area contributed by atoms with Crippen LogP contribution < -0.4 is 10.2 Å². The summed E-state index contributed by atoms with van der Waals surface area (Å²) in [6.07, 6.45) is 0.381. The first-order valence-electron chi connectivity index (χ1n) is 5.47. The Morgan fingerprint density at radius 1 is 1.41 bits per heavy atom. The molecule has 1 aliphatic rings. The third-order valence-electron chi connectivity index (χ3n) is 3.08. The molecular formula is C13H12O4. The zero-order valence-corrected chi connectivity index (χ0v) is 9.40. The fourth-order valence-corrected chi connectivity index (χ4v) is 2.12. The molecule has 1 N–H and O–H groups in total. The van der Waals surface area contributed by atoms with Crippen molar-refractivity contribution in [1.82, 2.24) is 0 Å². The van der Waals surface area contributed by atoms with Crippen LogP contribution in [0.2, 0.25) is 0 Å². The molecular weight excluding hydrogens is 220 g/mol. The monoisotopic (exact) mass is 232 g/mol. The summed E-state index contributed by atoms with van der Waals surface area (Å²) in [4.78, 5) is 12.2. The second-order valence-electron chi connectivity index (χ2n) is 4.58. The largest absolute Gasteiger partial charge is 0.456 e. The first kappa shape index (κ1) is 10.4. The van der Waals surface area contributed by atoms with Gasteiger partial charge in [0.05, 0.1) is 17.6 Å². The summed E-state index contributed by atoms with van der Waals surface area (Å²) < 4.78 is 11.1. The van der Waals surface area contributed by atoms with Gasteiger partial charge < -0.3 is 14.3 Å². The molecule has 1 atom stereocenters. The van der Waals surface area contributed by atoms with E-state index in [0.717, 1.165) is 0 Å². The zero-order chi connectivity index (χ0) is 12.0. The molecule has 4 heteroatoms. The Balaban J connectivity index is 2.28. The summed E-state index contributed by atoms with van der Waals surface area (Å²) in [6, 6.07) is 7.07. The molecule has 1 aliphatic heterocycles. The second kappa shape index (κ2) is 3.34. The van der Waals surface area contributed by atoms with E-state index >= 15 is 0 Å². The average Bonchev–Trinajstić information content (AvgIpc) is 2.68. The minimum atomic E-state index is -0.748. The summed E-state index contributed by atoms with van der Waals surface area (Å²) in [5.74, 6) is 0.241. The van der Waals surface area contributed by atoms with Gasteiger partial charge in [-0.25, -0.2) is 0 Å². The second-order valence-corrected chi connectivity index (χ2v) is 4.58. The zero-order valence-electron chi connectivity index (χ0n) is 9.40. The summed E-state index contributed by atoms with van der Waals surface area (Å²) in [5.41, 5.74) is 0.209. The first-order chi connectivity index (χ1) is 8.13. The van der Waals surface area contributed by atoms with Gasteiger partial charge in [0.15, 0.2) is 5.43 Å². The highest BCUT2D eigenvalue weighted by Crippen LogP contribution is 2.34. The lowest BCUT2D eigenvalue weighted by atomic mass is 10.0. The number of hydrogen-bond donors (Lipinski definition) is 1. The number of rotatable bonds is 1. The van der Waals surface area contributed by atoms with Gasteiger partial charge >= 0.3 is 0 Å². The fourth-order valence-electron chi connectivity index (χ4n) is 2.12. The average molecular weight is 232 g/mol. The lowest BCUT2D eigenvalue weighted by Gasteiger charge is -2.19. The Hall–Kier alpha value is -1.81. The lowest BCUT2D eigenvalue weighted by molar-refractivity contribution is 0.0293. The van der Waals surface area contributed by atoms with Crippen LogP contribution >= 0.6 is 0 Å². The highest BCUT2D eigenvalue weighted by Gasteiger charge is 2.38. The molecule has 2 heterocycles. The maximum atomic E-state index is 12.2. The topological polar surface area (TPSA) is 59.7 Å². The highest BCUT2D eigenvalue weighted by atomic mass is 16.6. The third kappa shape index (κ3) is 1.45.